The number of aliphatic hydroxyl groups is 1. The van der Waals surface area contributed by atoms with Crippen molar-refractivity contribution < 1.29 is 17.5 Å². The van der Waals surface area contributed by atoms with Gasteiger partial charge in [0, 0.05) is 54.5 Å². The average Bonchev–Trinajstić information content (AvgIpc) is 2.90. The molecule has 5 heteroatoms. The van der Waals surface area contributed by atoms with Gasteiger partial charge in [0.2, 0.25) is 0 Å². The third kappa shape index (κ3) is 3.28. The summed E-state index contributed by atoms with van der Waals surface area (Å²) in [5.74, 6) is 0. The molecule has 1 atom stereocenters. The standard InChI is InChI=1S/C19H23N3O.ClH/c23-15(13-21-11-9-20-10-12-21)14-22-18-7-3-1-5-16(18)17-6-2-4-8-19(17)22;/h1-8,15,20,23H,9-14H2;1H/p-1. The van der Waals surface area contributed by atoms with Crippen LogP contribution in [0.25, 0.3) is 21.8 Å². The fraction of sp³-hybridized carbons (Fsp3) is 0.368. The van der Waals surface area contributed by atoms with Gasteiger partial charge >= 0.3 is 0 Å². The topological polar surface area (TPSA) is 40.4 Å². The van der Waals surface area contributed by atoms with E-state index < -0.39 is 0 Å². The lowest BCUT2D eigenvalue weighted by atomic mass is 10.2. The van der Waals surface area contributed by atoms with Gasteiger partial charge in [-0.1, -0.05) is 36.4 Å². The van der Waals surface area contributed by atoms with Crippen LogP contribution in [-0.4, -0.2) is 53.4 Å². The maximum absolute atomic E-state index is 10.6. The lowest BCUT2D eigenvalue weighted by molar-refractivity contribution is -0.00000739. The Bertz CT molecular complexity index is 757. The predicted octanol–water partition coefficient (Wildman–Crippen LogP) is -0.935. The second kappa shape index (κ2) is 7.53. The third-order valence-electron chi connectivity index (χ3n) is 4.75. The molecule has 0 bridgehead atoms. The fourth-order valence-electron chi connectivity index (χ4n) is 3.66. The predicted molar refractivity (Wildman–Crippen MR) is 94.8 cm³/mol. The molecule has 0 amide bonds. The highest BCUT2D eigenvalue weighted by Gasteiger charge is 2.17. The molecule has 0 aliphatic carbocycles. The molecular weight excluding hydrogens is 322 g/mol. The first kappa shape index (κ1) is 17.2. The Balaban J connectivity index is 0.00000169. The zero-order valence-corrected chi connectivity index (χ0v) is 14.4. The van der Waals surface area contributed by atoms with Gasteiger partial charge in [-0.2, -0.15) is 0 Å². The van der Waals surface area contributed by atoms with Crippen LogP contribution in [0, 0.1) is 0 Å². The molecule has 0 saturated carbocycles. The van der Waals surface area contributed by atoms with Crippen molar-refractivity contribution in [2.75, 3.05) is 32.7 Å². The van der Waals surface area contributed by atoms with Gasteiger partial charge in [-0.15, -0.1) is 0 Å². The van der Waals surface area contributed by atoms with Crippen LogP contribution in [0.2, 0.25) is 0 Å². The summed E-state index contributed by atoms with van der Waals surface area (Å²) in [4.78, 5) is 2.34. The molecule has 1 aliphatic heterocycles. The number of para-hydroxylation sites is 2. The van der Waals surface area contributed by atoms with Crippen LogP contribution in [0.1, 0.15) is 0 Å². The van der Waals surface area contributed by atoms with E-state index in [4.69, 9.17) is 0 Å². The molecule has 1 unspecified atom stereocenters. The van der Waals surface area contributed by atoms with Crippen molar-refractivity contribution in [3.8, 4) is 0 Å². The first-order valence-electron chi connectivity index (χ1n) is 8.40. The van der Waals surface area contributed by atoms with E-state index >= 15 is 0 Å². The maximum Gasteiger partial charge on any atom is 0.0845 e. The van der Waals surface area contributed by atoms with E-state index in [1.165, 1.54) is 21.8 Å². The Morgan fingerprint density at radius 3 is 2.00 bits per heavy atom. The Morgan fingerprint density at radius 2 is 1.42 bits per heavy atom. The first-order chi connectivity index (χ1) is 11.3. The van der Waals surface area contributed by atoms with Crippen LogP contribution in [-0.2, 0) is 6.54 Å². The molecule has 3 aromatic rings. The van der Waals surface area contributed by atoms with E-state index in [9.17, 15) is 5.11 Å². The summed E-state index contributed by atoms with van der Waals surface area (Å²) in [6.07, 6.45) is -0.354. The summed E-state index contributed by atoms with van der Waals surface area (Å²) in [6.45, 7) is 5.44. The van der Waals surface area contributed by atoms with E-state index in [0.29, 0.717) is 6.54 Å². The van der Waals surface area contributed by atoms with Crippen LogP contribution < -0.4 is 17.7 Å². The normalized spacial score (nSPS) is 17.0. The highest BCUT2D eigenvalue weighted by molar-refractivity contribution is 6.07. The van der Waals surface area contributed by atoms with E-state index in [-0.39, 0.29) is 18.5 Å². The summed E-state index contributed by atoms with van der Waals surface area (Å²) in [5, 5.41) is 16.5. The fourth-order valence-corrected chi connectivity index (χ4v) is 3.66. The Hall–Kier alpha value is -1.59. The Labute approximate surface area is 148 Å². The number of aromatic nitrogens is 1. The van der Waals surface area contributed by atoms with Crippen LogP contribution in [0.5, 0.6) is 0 Å². The van der Waals surface area contributed by atoms with E-state index in [1.54, 1.807) is 0 Å². The van der Waals surface area contributed by atoms with Crippen LogP contribution in [0.3, 0.4) is 0 Å². The first-order valence-corrected chi connectivity index (χ1v) is 8.40. The van der Waals surface area contributed by atoms with Gasteiger partial charge < -0.3 is 27.4 Å². The number of hydrogen-bond donors (Lipinski definition) is 2. The van der Waals surface area contributed by atoms with Gasteiger partial charge in [-0.25, -0.2) is 0 Å². The molecule has 2 N–H and O–H groups in total. The molecule has 1 saturated heterocycles. The van der Waals surface area contributed by atoms with Crippen LogP contribution in [0.15, 0.2) is 48.5 Å². The lowest BCUT2D eigenvalue weighted by Crippen LogP contribution is -3.00. The lowest BCUT2D eigenvalue weighted by Gasteiger charge is -2.29. The molecular formula is C19H23ClN3O-. The number of fused-ring (bicyclic) bond motifs is 3. The number of rotatable bonds is 4. The van der Waals surface area contributed by atoms with Crippen molar-refractivity contribution in [1.82, 2.24) is 14.8 Å². The second-order valence-corrected chi connectivity index (χ2v) is 6.35. The molecule has 1 fully saturated rings. The molecule has 2 aromatic carbocycles. The average molecular weight is 345 g/mol. The van der Waals surface area contributed by atoms with Gasteiger partial charge in [0.15, 0.2) is 0 Å². The zero-order chi connectivity index (χ0) is 15.6. The molecule has 4 rings (SSSR count). The molecule has 0 radical (unpaired) electrons. The van der Waals surface area contributed by atoms with Gasteiger partial charge in [-0.05, 0) is 12.1 Å². The quantitative estimate of drug-likeness (QED) is 0.642. The molecule has 1 aliphatic rings. The molecule has 0 spiro atoms. The van der Waals surface area contributed by atoms with Crippen molar-refractivity contribution in [2.45, 2.75) is 12.6 Å². The largest absolute Gasteiger partial charge is 1.00 e. The number of piperazine rings is 1. The minimum atomic E-state index is -0.354. The van der Waals surface area contributed by atoms with Gasteiger partial charge in [0.05, 0.1) is 12.6 Å². The number of β-amino-alcohol motifs (C(OH)–C–C–N with tert-alkyl or cyclic N) is 1. The number of halogens is 1. The summed E-state index contributed by atoms with van der Waals surface area (Å²) < 4.78 is 2.26. The number of aliphatic hydroxyl groups excluding tert-OH is 1. The van der Waals surface area contributed by atoms with Crippen molar-refractivity contribution in [3.05, 3.63) is 48.5 Å². The monoisotopic (exact) mass is 344 g/mol. The number of nitrogens with one attached hydrogen (secondary N) is 1. The van der Waals surface area contributed by atoms with E-state index in [0.717, 1.165) is 32.7 Å². The van der Waals surface area contributed by atoms with Crippen LogP contribution in [0.4, 0.5) is 0 Å². The maximum atomic E-state index is 10.6. The highest BCUT2D eigenvalue weighted by Crippen LogP contribution is 2.28. The number of benzene rings is 2. The van der Waals surface area contributed by atoms with Crippen molar-refractivity contribution in [2.24, 2.45) is 0 Å². The number of nitrogens with zero attached hydrogens (tertiary/aromatic N) is 2. The van der Waals surface area contributed by atoms with Crippen molar-refractivity contribution >= 4 is 21.8 Å². The van der Waals surface area contributed by atoms with Gasteiger partial charge in [0.25, 0.3) is 0 Å². The zero-order valence-electron chi connectivity index (χ0n) is 13.7. The molecule has 2 heterocycles. The SMILES string of the molecule is OC(CN1CCNCC1)Cn1c2ccccc2c2ccccc21.[Cl-]. The summed E-state index contributed by atoms with van der Waals surface area (Å²) in [6, 6.07) is 16.9. The minimum Gasteiger partial charge on any atom is -1.00 e. The van der Waals surface area contributed by atoms with Gasteiger partial charge in [0.1, 0.15) is 0 Å². The summed E-state index contributed by atoms with van der Waals surface area (Å²) in [7, 11) is 0. The minimum absolute atomic E-state index is 0. The third-order valence-corrected chi connectivity index (χ3v) is 4.75. The van der Waals surface area contributed by atoms with E-state index in [2.05, 4.69) is 63.3 Å². The summed E-state index contributed by atoms with van der Waals surface area (Å²) >= 11 is 0. The van der Waals surface area contributed by atoms with Crippen molar-refractivity contribution in [3.63, 3.8) is 0 Å². The second-order valence-electron chi connectivity index (χ2n) is 6.35. The summed E-state index contributed by atoms with van der Waals surface area (Å²) in [5.41, 5.74) is 2.40. The smallest absolute Gasteiger partial charge is 0.0845 e. The molecule has 1 aromatic heterocycles. The Morgan fingerprint density at radius 1 is 0.875 bits per heavy atom. The molecule has 128 valence electrons. The van der Waals surface area contributed by atoms with E-state index in [1.807, 2.05) is 0 Å². The highest BCUT2D eigenvalue weighted by atomic mass is 35.5. The van der Waals surface area contributed by atoms with Gasteiger partial charge in [-0.3, -0.25) is 4.90 Å². The molecule has 4 nitrogen and oxygen atoms in total. The van der Waals surface area contributed by atoms with Crippen molar-refractivity contribution in [1.29, 1.82) is 0 Å². The van der Waals surface area contributed by atoms with Crippen LogP contribution >= 0.6 is 0 Å². The Kier molecular flexibility index (Phi) is 5.41. The molecule has 24 heavy (non-hydrogen) atoms. The number of hydrogen-bond acceptors (Lipinski definition) is 3.